The standard InChI is InChI=1S/C57H45NO3/c1-57(2)47-20-6-3-14-46(47)52-48(57)33-32-45-44-19-11-21-49(55(44)61-56(45)52)58(36-28-24-34(25-29-36)38-15-9-17-42-40-12-4-7-22-50(40)59-53(38)42)37-30-26-35(27-31-37)39-16-10-18-43-41-13-5-8-23-51(41)60-54(39)43/h3-5,7,9-19,21-22,24,26-34,40,50H,6,8,20,23,25H2,1-2H3. The Morgan fingerprint density at radius 1 is 0.672 bits per heavy atom. The van der Waals surface area contributed by atoms with E-state index in [1.807, 2.05) is 0 Å². The molecule has 5 aliphatic carbocycles. The van der Waals surface area contributed by atoms with Crippen molar-refractivity contribution in [1.29, 1.82) is 0 Å². The summed E-state index contributed by atoms with van der Waals surface area (Å²) in [5.74, 6) is 2.60. The highest BCUT2D eigenvalue weighted by Crippen LogP contribution is 2.54. The molecule has 0 amide bonds. The maximum absolute atomic E-state index is 7.22. The van der Waals surface area contributed by atoms with Crippen molar-refractivity contribution < 1.29 is 13.6 Å². The first-order valence-electron chi connectivity index (χ1n) is 22.0. The van der Waals surface area contributed by atoms with Gasteiger partial charge in [0.1, 0.15) is 28.8 Å². The van der Waals surface area contributed by atoms with Gasteiger partial charge in [0, 0.05) is 79.0 Å². The smallest absolute Gasteiger partial charge is 0.159 e. The molecule has 0 saturated carbocycles. The minimum Gasteiger partial charge on any atom is -0.485 e. The number of benzene rings is 5. The molecule has 4 heteroatoms. The second-order valence-corrected chi connectivity index (χ2v) is 18.0. The molecule has 61 heavy (non-hydrogen) atoms. The van der Waals surface area contributed by atoms with Gasteiger partial charge >= 0.3 is 0 Å². The number of furan rings is 2. The summed E-state index contributed by atoms with van der Waals surface area (Å²) in [4.78, 5) is 2.39. The van der Waals surface area contributed by atoms with Crippen LogP contribution in [0.5, 0.6) is 5.75 Å². The summed E-state index contributed by atoms with van der Waals surface area (Å²) in [6, 6.07) is 33.5. The molecule has 0 fully saturated rings. The minimum atomic E-state index is -0.0290. The van der Waals surface area contributed by atoms with Gasteiger partial charge in [0.2, 0.25) is 0 Å². The summed E-state index contributed by atoms with van der Waals surface area (Å²) >= 11 is 0. The molecule has 0 spiro atoms. The molecular formula is C57H45NO3. The molecule has 13 rings (SSSR count). The third-order valence-corrected chi connectivity index (χ3v) is 14.4. The van der Waals surface area contributed by atoms with Crippen LogP contribution in [0.2, 0.25) is 0 Å². The number of hydrogen-bond acceptors (Lipinski definition) is 4. The van der Waals surface area contributed by atoms with Crippen LogP contribution >= 0.6 is 0 Å². The van der Waals surface area contributed by atoms with Crippen LogP contribution < -0.4 is 9.64 Å². The average Bonchev–Trinajstić information content (AvgIpc) is 4.06. The molecular weight excluding hydrogens is 747 g/mol. The summed E-state index contributed by atoms with van der Waals surface area (Å²) in [6.45, 7) is 4.75. The Kier molecular flexibility index (Phi) is 7.53. The number of allylic oxidation sites excluding steroid dienone is 10. The van der Waals surface area contributed by atoms with Crippen molar-refractivity contribution in [2.75, 3.05) is 4.90 Å². The fourth-order valence-electron chi connectivity index (χ4n) is 11.3. The van der Waals surface area contributed by atoms with Crippen LogP contribution in [0.3, 0.4) is 0 Å². The molecule has 3 unspecified atom stereocenters. The molecule has 3 atom stereocenters. The molecule has 4 nitrogen and oxygen atoms in total. The number of fused-ring (bicyclic) bond motifs is 12. The van der Waals surface area contributed by atoms with Gasteiger partial charge in [0.15, 0.2) is 5.58 Å². The molecule has 0 N–H and O–H groups in total. The van der Waals surface area contributed by atoms with Crippen LogP contribution in [0.25, 0.3) is 55.7 Å². The van der Waals surface area contributed by atoms with Gasteiger partial charge in [-0.25, -0.2) is 0 Å². The van der Waals surface area contributed by atoms with Gasteiger partial charge < -0.3 is 18.5 Å². The Bertz CT molecular complexity index is 3240. The van der Waals surface area contributed by atoms with E-state index < -0.39 is 0 Å². The predicted molar refractivity (Wildman–Crippen MR) is 250 cm³/mol. The Labute approximate surface area is 355 Å². The normalized spacial score (nSPS) is 21.4. The highest BCUT2D eigenvalue weighted by atomic mass is 16.5. The molecule has 2 aromatic heterocycles. The number of para-hydroxylation sites is 3. The van der Waals surface area contributed by atoms with Crippen LogP contribution in [-0.2, 0) is 11.8 Å². The Balaban J connectivity index is 0.939. The Morgan fingerprint density at radius 3 is 2.38 bits per heavy atom. The molecule has 6 aliphatic rings. The first-order valence-corrected chi connectivity index (χ1v) is 22.0. The molecule has 0 radical (unpaired) electrons. The lowest BCUT2D eigenvalue weighted by molar-refractivity contribution is 0.266. The van der Waals surface area contributed by atoms with E-state index in [-0.39, 0.29) is 23.4 Å². The number of hydrogen-bond donors (Lipinski definition) is 0. The van der Waals surface area contributed by atoms with E-state index in [2.05, 4.69) is 177 Å². The van der Waals surface area contributed by atoms with Gasteiger partial charge in [-0.15, -0.1) is 0 Å². The van der Waals surface area contributed by atoms with Crippen molar-refractivity contribution in [2.45, 2.75) is 69.3 Å². The highest BCUT2D eigenvalue weighted by Gasteiger charge is 2.40. The maximum atomic E-state index is 7.22. The molecule has 3 heterocycles. The van der Waals surface area contributed by atoms with Crippen molar-refractivity contribution in [3.63, 3.8) is 0 Å². The SMILES string of the molecule is CC1(C)C2=C(C=CCC2)c2c1ccc1c2oc2c(N(C3=CCC(c4cccc5c4OC4C=CC=CC54)C=C3)c3ccc(-c4cccc5c6c(oc45)CCC=C6)cc3)cccc21. The first-order chi connectivity index (χ1) is 30.0. The monoisotopic (exact) mass is 791 g/mol. The highest BCUT2D eigenvalue weighted by molar-refractivity contribution is 6.14. The van der Waals surface area contributed by atoms with Crippen LogP contribution in [0, 0.1) is 0 Å². The van der Waals surface area contributed by atoms with Crippen molar-refractivity contribution in [3.05, 3.63) is 197 Å². The summed E-state index contributed by atoms with van der Waals surface area (Å²) in [7, 11) is 0. The molecule has 1 aliphatic heterocycles. The quantitative estimate of drug-likeness (QED) is 0.174. The second kappa shape index (κ2) is 13.1. The number of rotatable bonds is 5. The van der Waals surface area contributed by atoms with Crippen molar-refractivity contribution in [2.24, 2.45) is 0 Å². The number of nitrogens with zero attached hydrogens (tertiary/aromatic N) is 1. The third kappa shape index (κ3) is 5.11. The topological polar surface area (TPSA) is 38.8 Å². The lowest BCUT2D eigenvalue weighted by Crippen LogP contribution is -2.18. The summed E-state index contributed by atoms with van der Waals surface area (Å²) in [5, 5.41) is 3.47. The van der Waals surface area contributed by atoms with Crippen LogP contribution in [0.4, 0.5) is 11.4 Å². The van der Waals surface area contributed by atoms with Crippen molar-refractivity contribution in [3.8, 4) is 16.9 Å². The summed E-state index contributed by atoms with van der Waals surface area (Å²) < 4.78 is 20.4. The zero-order chi connectivity index (χ0) is 40.4. The first kappa shape index (κ1) is 35.0. The average molecular weight is 792 g/mol. The maximum Gasteiger partial charge on any atom is 0.159 e. The van der Waals surface area contributed by atoms with Gasteiger partial charge in [-0.2, -0.15) is 0 Å². The van der Waals surface area contributed by atoms with Crippen molar-refractivity contribution >= 4 is 55.9 Å². The van der Waals surface area contributed by atoms with E-state index in [1.54, 1.807) is 0 Å². The van der Waals surface area contributed by atoms with Crippen LogP contribution in [0.15, 0.2) is 172 Å². The Hall–Kier alpha value is -6.78. The van der Waals surface area contributed by atoms with E-state index in [4.69, 9.17) is 13.6 Å². The van der Waals surface area contributed by atoms with Crippen LogP contribution in [0.1, 0.15) is 84.9 Å². The second-order valence-electron chi connectivity index (χ2n) is 18.0. The summed E-state index contributed by atoms with van der Waals surface area (Å²) in [5.41, 5.74) is 17.5. The van der Waals surface area contributed by atoms with E-state index in [0.717, 1.165) is 99.3 Å². The van der Waals surface area contributed by atoms with Gasteiger partial charge in [-0.3, -0.25) is 0 Å². The van der Waals surface area contributed by atoms with Gasteiger partial charge in [-0.05, 0) is 72.7 Å². The van der Waals surface area contributed by atoms with E-state index in [9.17, 15) is 0 Å². The Morgan fingerprint density at radius 2 is 1.48 bits per heavy atom. The molecule has 7 aromatic rings. The van der Waals surface area contributed by atoms with Gasteiger partial charge in [0.05, 0.1) is 5.69 Å². The number of ether oxygens (including phenoxy) is 1. The fraction of sp³-hybridized carbons (Fsp3) is 0.193. The molecule has 0 saturated heterocycles. The molecule has 0 bridgehead atoms. The predicted octanol–water partition coefficient (Wildman–Crippen LogP) is 15.1. The van der Waals surface area contributed by atoms with E-state index in [0.29, 0.717) is 0 Å². The van der Waals surface area contributed by atoms with E-state index in [1.165, 1.54) is 44.3 Å². The van der Waals surface area contributed by atoms with Gasteiger partial charge in [-0.1, -0.05) is 147 Å². The lowest BCUT2D eigenvalue weighted by Gasteiger charge is -2.29. The van der Waals surface area contributed by atoms with Crippen LogP contribution in [-0.4, -0.2) is 6.10 Å². The zero-order valence-electron chi connectivity index (χ0n) is 34.5. The number of aryl methyl sites for hydroxylation is 1. The van der Waals surface area contributed by atoms with E-state index >= 15 is 0 Å². The molecule has 5 aromatic carbocycles. The molecule has 296 valence electrons. The summed E-state index contributed by atoms with van der Waals surface area (Å²) in [6.07, 6.45) is 30.0. The largest absolute Gasteiger partial charge is 0.485 e. The third-order valence-electron chi connectivity index (χ3n) is 14.4. The van der Waals surface area contributed by atoms with Gasteiger partial charge in [0.25, 0.3) is 0 Å². The minimum absolute atomic E-state index is 0.0290. The lowest BCUT2D eigenvalue weighted by atomic mass is 9.78. The fourth-order valence-corrected chi connectivity index (χ4v) is 11.3. The van der Waals surface area contributed by atoms with Crippen molar-refractivity contribution in [1.82, 2.24) is 0 Å². The number of anilines is 2. The zero-order valence-corrected chi connectivity index (χ0v) is 34.5.